The van der Waals surface area contributed by atoms with E-state index in [-0.39, 0.29) is 18.0 Å². The zero-order valence-corrected chi connectivity index (χ0v) is 16.2. The van der Waals surface area contributed by atoms with Gasteiger partial charge in [-0.25, -0.2) is 4.98 Å². The minimum atomic E-state index is -0.00621. The van der Waals surface area contributed by atoms with Gasteiger partial charge in [-0.1, -0.05) is 23.7 Å². The van der Waals surface area contributed by atoms with Crippen LogP contribution in [0, 0.1) is 5.41 Å². The van der Waals surface area contributed by atoms with Crippen molar-refractivity contribution in [1.29, 1.82) is 5.41 Å². The number of hydrogen-bond donors (Lipinski definition) is 5. The molecular formula is C20H20ClN7O. The number of H-pyrrole nitrogens is 1. The summed E-state index contributed by atoms with van der Waals surface area (Å²) in [5.74, 6) is 2.24. The molecule has 0 bridgehead atoms. The molecule has 1 aliphatic carbocycles. The highest BCUT2D eigenvalue weighted by atomic mass is 35.5. The van der Waals surface area contributed by atoms with Gasteiger partial charge in [-0.2, -0.15) is 10.1 Å². The van der Waals surface area contributed by atoms with Crippen LogP contribution in [0.4, 0.5) is 17.6 Å². The van der Waals surface area contributed by atoms with Crippen LogP contribution < -0.4 is 10.6 Å². The normalized spacial score (nSPS) is 13.9. The van der Waals surface area contributed by atoms with E-state index in [0.29, 0.717) is 34.1 Å². The molecule has 2 aromatic heterocycles. The summed E-state index contributed by atoms with van der Waals surface area (Å²) in [5, 5.41) is 32.1. The number of nitrogens with one attached hydrogen (secondary N) is 4. The summed E-state index contributed by atoms with van der Waals surface area (Å²) in [5.41, 5.74) is 1.98. The van der Waals surface area contributed by atoms with E-state index in [9.17, 15) is 5.11 Å². The fraction of sp³-hybridized carbons (Fsp3) is 0.200. The summed E-state index contributed by atoms with van der Waals surface area (Å²) < 4.78 is 0. The van der Waals surface area contributed by atoms with E-state index < -0.39 is 0 Å². The van der Waals surface area contributed by atoms with Crippen molar-refractivity contribution in [1.82, 2.24) is 20.2 Å². The highest BCUT2D eigenvalue weighted by Gasteiger charge is 2.25. The number of halogens is 1. The molecule has 0 spiro atoms. The molecule has 9 heteroatoms. The standard InChI is InChI=1S/C20H20ClN7O/c21-14-5-3-12(4-6-14)16(22)9-15(29)11-24-20-23-8-7-18(26-20)25-19-10-17(27-28-19)13-1-2-13/h3-10,13,22,29H,1-2,11H2,(H3,23,24,25,26,27,28)/b15-9-,22-16?. The Hall–Kier alpha value is -3.39. The molecule has 2 heterocycles. The van der Waals surface area contributed by atoms with Gasteiger partial charge >= 0.3 is 0 Å². The number of hydrogen-bond acceptors (Lipinski definition) is 7. The number of aliphatic hydroxyl groups excluding tert-OH is 1. The lowest BCUT2D eigenvalue weighted by Crippen LogP contribution is -2.10. The van der Waals surface area contributed by atoms with Gasteiger partial charge in [0, 0.05) is 35.0 Å². The average molecular weight is 410 g/mol. The molecule has 0 amide bonds. The van der Waals surface area contributed by atoms with E-state index in [0.717, 1.165) is 5.69 Å². The number of rotatable bonds is 8. The summed E-state index contributed by atoms with van der Waals surface area (Å²) in [6.07, 6.45) is 5.40. The predicted octanol–water partition coefficient (Wildman–Crippen LogP) is 4.40. The Labute approximate surface area is 172 Å². The predicted molar refractivity (Wildman–Crippen MR) is 113 cm³/mol. The van der Waals surface area contributed by atoms with Gasteiger partial charge in [-0.15, -0.1) is 0 Å². The van der Waals surface area contributed by atoms with Crippen molar-refractivity contribution in [2.24, 2.45) is 0 Å². The second-order valence-corrected chi connectivity index (χ2v) is 7.22. The molecule has 0 radical (unpaired) electrons. The zero-order valence-electron chi connectivity index (χ0n) is 15.5. The molecule has 8 nitrogen and oxygen atoms in total. The van der Waals surface area contributed by atoms with E-state index in [4.69, 9.17) is 17.0 Å². The molecule has 1 fully saturated rings. The van der Waals surface area contributed by atoms with Crippen molar-refractivity contribution in [2.45, 2.75) is 18.8 Å². The van der Waals surface area contributed by atoms with Gasteiger partial charge in [0.2, 0.25) is 5.95 Å². The Bertz CT molecular complexity index is 1040. The highest BCUT2D eigenvalue weighted by Crippen LogP contribution is 2.39. The second kappa shape index (κ2) is 8.32. The van der Waals surface area contributed by atoms with Crippen LogP contribution in [0.1, 0.15) is 30.0 Å². The van der Waals surface area contributed by atoms with Crippen LogP contribution >= 0.6 is 11.6 Å². The third-order valence-electron chi connectivity index (χ3n) is 4.42. The molecule has 0 atom stereocenters. The first-order chi connectivity index (χ1) is 14.1. The molecule has 1 saturated carbocycles. The van der Waals surface area contributed by atoms with E-state index in [1.54, 1.807) is 36.5 Å². The Morgan fingerprint density at radius 3 is 2.79 bits per heavy atom. The molecule has 0 saturated heterocycles. The van der Waals surface area contributed by atoms with Crippen molar-refractivity contribution in [2.75, 3.05) is 17.2 Å². The van der Waals surface area contributed by atoms with E-state index in [1.165, 1.54) is 18.9 Å². The largest absolute Gasteiger partial charge is 0.510 e. The smallest absolute Gasteiger partial charge is 0.224 e. The van der Waals surface area contributed by atoms with Gasteiger partial charge in [-0.3, -0.25) is 5.10 Å². The minimum absolute atomic E-state index is 0.00621. The topological polar surface area (TPSA) is 123 Å². The van der Waals surface area contributed by atoms with Gasteiger partial charge in [0.25, 0.3) is 0 Å². The maximum Gasteiger partial charge on any atom is 0.224 e. The van der Waals surface area contributed by atoms with Crippen LogP contribution in [-0.2, 0) is 0 Å². The Morgan fingerprint density at radius 2 is 2.03 bits per heavy atom. The van der Waals surface area contributed by atoms with Crippen molar-refractivity contribution in [3.63, 3.8) is 0 Å². The van der Waals surface area contributed by atoms with Gasteiger partial charge < -0.3 is 21.1 Å². The van der Waals surface area contributed by atoms with Crippen LogP contribution in [0.5, 0.6) is 0 Å². The minimum Gasteiger partial charge on any atom is -0.510 e. The van der Waals surface area contributed by atoms with Crippen LogP contribution in [-0.4, -0.2) is 37.5 Å². The fourth-order valence-corrected chi connectivity index (χ4v) is 2.87. The van der Waals surface area contributed by atoms with E-state index >= 15 is 0 Å². The van der Waals surface area contributed by atoms with Crippen LogP contribution in [0.3, 0.4) is 0 Å². The summed E-state index contributed by atoms with van der Waals surface area (Å²) in [4.78, 5) is 8.51. The number of nitrogens with zero attached hydrogens (tertiary/aromatic N) is 3. The van der Waals surface area contributed by atoms with Gasteiger partial charge in [0.05, 0.1) is 12.3 Å². The molecule has 1 aromatic carbocycles. The Morgan fingerprint density at radius 1 is 1.24 bits per heavy atom. The van der Waals surface area contributed by atoms with Crippen molar-refractivity contribution in [3.05, 3.63) is 70.7 Å². The molecule has 29 heavy (non-hydrogen) atoms. The SMILES string of the molecule is N=C(/C=C(\O)CNc1nccc(Nc2cc(C3CC3)[nH]n2)n1)c1ccc(Cl)cc1. The Balaban J connectivity index is 1.34. The average Bonchev–Trinajstić information content (AvgIpc) is 3.46. The third-order valence-corrected chi connectivity index (χ3v) is 4.67. The molecule has 3 aromatic rings. The van der Waals surface area contributed by atoms with Crippen LogP contribution in [0.25, 0.3) is 0 Å². The number of aromatic nitrogens is 4. The van der Waals surface area contributed by atoms with Crippen LogP contribution in [0.15, 0.2) is 54.4 Å². The molecule has 1 aliphatic rings. The lowest BCUT2D eigenvalue weighted by molar-refractivity contribution is 0.408. The van der Waals surface area contributed by atoms with Crippen molar-refractivity contribution < 1.29 is 5.11 Å². The highest BCUT2D eigenvalue weighted by molar-refractivity contribution is 6.30. The molecule has 5 N–H and O–H groups in total. The Kier molecular flexibility index (Phi) is 5.44. The number of benzene rings is 1. The number of allylic oxidation sites excluding steroid dienone is 1. The molecule has 148 valence electrons. The molecule has 0 aliphatic heterocycles. The first kappa shape index (κ1) is 18.9. The molecular weight excluding hydrogens is 390 g/mol. The van der Waals surface area contributed by atoms with Crippen molar-refractivity contribution >= 4 is 34.9 Å². The monoisotopic (exact) mass is 409 g/mol. The maximum absolute atomic E-state index is 10.1. The summed E-state index contributed by atoms with van der Waals surface area (Å²) in [6, 6.07) is 10.6. The lowest BCUT2D eigenvalue weighted by atomic mass is 10.1. The van der Waals surface area contributed by atoms with Gasteiger partial charge in [0.15, 0.2) is 5.82 Å². The first-order valence-electron chi connectivity index (χ1n) is 9.20. The summed E-state index contributed by atoms with van der Waals surface area (Å²) in [7, 11) is 0. The first-order valence-corrected chi connectivity index (χ1v) is 9.58. The molecule has 4 rings (SSSR count). The molecule has 0 unspecified atom stereocenters. The van der Waals surface area contributed by atoms with Gasteiger partial charge in [-0.05, 0) is 36.6 Å². The van der Waals surface area contributed by atoms with E-state index in [1.807, 2.05) is 6.07 Å². The quantitative estimate of drug-likeness (QED) is 0.277. The summed E-state index contributed by atoms with van der Waals surface area (Å²) in [6.45, 7) is 0.0909. The fourth-order valence-electron chi connectivity index (χ4n) is 2.75. The number of aliphatic hydroxyl groups is 1. The van der Waals surface area contributed by atoms with Gasteiger partial charge in [0.1, 0.15) is 11.6 Å². The number of aromatic amines is 1. The van der Waals surface area contributed by atoms with E-state index in [2.05, 4.69) is 30.8 Å². The van der Waals surface area contributed by atoms with Crippen molar-refractivity contribution in [3.8, 4) is 0 Å². The number of anilines is 3. The second-order valence-electron chi connectivity index (χ2n) is 6.78. The van der Waals surface area contributed by atoms with Crippen LogP contribution in [0.2, 0.25) is 5.02 Å². The summed E-state index contributed by atoms with van der Waals surface area (Å²) >= 11 is 5.85. The lowest BCUT2D eigenvalue weighted by Gasteiger charge is -2.07. The maximum atomic E-state index is 10.1. The zero-order chi connectivity index (χ0) is 20.2. The third kappa shape index (κ3) is 5.11.